The lowest BCUT2D eigenvalue weighted by Gasteiger charge is -2.25. The number of ether oxygens (including phenoxy) is 4. The van der Waals surface area contributed by atoms with E-state index in [2.05, 4.69) is 10.7 Å². The standard InChI is InChI=1S/C27H25N3O7S/c28-30-27(38)29-23-22(37-26(33)19-14-8-3-9-15-19)21(36-25(32)18-12-6-2-7-13-18)20(35-23)16-34-24(31)17-10-4-1-5-11-17/h1-15,20-23H,16,28H2,(H2,29,30,38)/t20-,21-,22-,23-/m1/s1. The highest BCUT2D eigenvalue weighted by Crippen LogP contribution is 2.28. The topological polar surface area (TPSA) is 138 Å². The summed E-state index contributed by atoms with van der Waals surface area (Å²) in [5.41, 5.74) is 3.15. The predicted molar refractivity (Wildman–Crippen MR) is 140 cm³/mol. The minimum atomic E-state index is -1.18. The summed E-state index contributed by atoms with van der Waals surface area (Å²) in [6, 6.07) is 24.9. The van der Waals surface area contributed by atoms with Crippen molar-refractivity contribution in [1.82, 2.24) is 10.7 Å². The highest BCUT2D eigenvalue weighted by Gasteiger charge is 2.50. The van der Waals surface area contributed by atoms with E-state index in [1.54, 1.807) is 91.0 Å². The summed E-state index contributed by atoms with van der Waals surface area (Å²) in [6.07, 6.45) is -4.44. The van der Waals surface area contributed by atoms with Crippen LogP contribution in [0.3, 0.4) is 0 Å². The largest absolute Gasteiger partial charge is 0.459 e. The van der Waals surface area contributed by atoms with Gasteiger partial charge in [0, 0.05) is 0 Å². The van der Waals surface area contributed by atoms with Crippen molar-refractivity contribution in [3.63, 3.8) is 0 Å². The molecule has 38 heavy (non-hydrogen) atoms. The third-order valence-corrected chi connectivity index (χ3v) is 5.84. The van der Waals surface area contributed by atoms with Gasteiger partial charge in [-0.1, -0.05) is 54.6 Å². The Balaban J connectivity index is 1.60. The number of carbonyl (C=O) groups excluding carboxylic acids is 3. The van der Waals surface area contributed by atoms with Gasteiger partial charge in [0.15, 0.2) is 23.5 Å². The molecule has 0 aliphatic carbocycles. The van der Waals surface area contributed by atoms with Crippen LogP contribution in [0.25, 0.3) is 0 Å². The molecular formula is C27H25N3O7S. The van der Waals surface area contributed by atoms with Crippen LogP contribution < -0.4 is 16.6 Å². The Bertz CT molecular complexity index is 1260. The molecule has 0 radical (unpaired) electrons. The van der Waals surface area contributed by atoms with Gasteiger partial charge in [0.05, 0.1) is 16.7 Å². The molecular weight excluding hydrogens is 510 g/mol. The number of esters is 3. The second-order valence-corrected chi connectivity index (χ2v) is 8.56. The van der Waals surface area contributed by atoms with Crippen molar-refractivity contribution in [3.05, 3.63) is 108 Å². The number of nitrogens with two attached hydrogens (primary N) is 1. The van der Waals surface area contributed by atoms with Gasteiger partial charge in [0.25, 0.3) is 0 Å². The van der Waals surface area contributed by atoms with E-state index in [0.717, 1.165) is 0 Å². The molecule has 10 nitrogen and oxygen atoms in total. The number of hydrogen-bond donors (Lipinski definition) is 3. The second-order valence-electron chi connectivity index (χ2n) is 8.15. The van der Waals surface area contributed by atoms with Crippen LogP contribution in [0.1, 0.15) is 31.1 Å². The first-order chi connectivity index (χ1) is 18.5. The van der Waals surface area contributed by atoms with Crippen LogP contribution in [0.4, 0.5) is 0 Å². The molecule has 4 N–H and O–H groups in total. The van der Waals surface area contributed by atoms with Crippen molar-refractivity contribution in [2.24, 2.45) is 5.84 Å². The molecule has 1 aliphatic heterocycles. The average molecular weight is 536 g/mol. The van der Waals surface area contributed by atoms with Gasteiger partial charge < -0.3 is 29.7 Å². The summed E-state index contributed by atoms with van der Waals surface area (Å²) in [5, 5.41) is 2.78. The van der Waals surface area contributed by atoms with E-state index in [4.69, 9.17) is 37.0 Å². The van der Waals surface area contributed by atoms with E-state index in [0.29, 0.717) is 5.56 Å². The molecule has 1 fully saturated rings. The van der Waals surface area contributed by atoms with Crippen LogP contribution in [-0.2, 0) is 18.9 Å². The van der Waals surface area contributed by atoms with E-state index < -0.39 is 42.4 Å². The van der Waals surface area contributed by atoms with Crippen LogP contribution in [-0.4, -0.2) is 54.2 Å². The highest BCUT2D eigenvalue weighted by molar-refractivity contribution is 7.80. The Kier molecular flexibility index (Phi) is 8.98. The van der Waals surface area contributed by atoms with E-state index in [1.807, 2.05) is 0 Å². The molecule has 0 spiro atoms. The Morgan fingerprint density at radius 2 is 1.18 bits per heavy atom. The number of carbonyl (C=O) groups is 3. The first kappa shape index (κ1) is 26.7. The summed E-state index contributed by atoms with van der Waals surface area (Å²) in [7, 11) is 0. The maximum Gasteiger partial charge on any atom is 0.338 e. The van der Waals surface area contributed by atoms with Gasteiger partial charge in [-0.05, 0) is 48.6 Å². The molecule has 0 bridgehead atoms. The molecule has 196 valence electrons. The minimum absolute atomic E-state index is 0.00849. The zero-order chi connectivity index (χ0) is 26.9. The Morgan fingerprint density at radius 1 is 0.737 bits per heavy atom. The maximum atomic E-state index is 13.0. The molecule has 3 aromatic carbocycles. The monoisotopic (exact) mass is 535 g/mol. The molecule has 0 unspecified atom stereocenters. The van der Waals surface area contributed by atoms with E-state index in [-0.39, 0.29) is 22.8 Å². The number of hydrogen-bond acceptors (Lipinski definition) is 9. The molecule has 1 heterocycles. The second kappa shape index (κ2) is 12.8. The molecule has 4 atom stereocenters. The fourth-order valence-corrected chi connectivity index (χ4v) is 3.88. The molecule has 1 aliphatic rings. The number of rotatable bonds is 8. The quantitative estimate of drug-likeness (QED) is 0.129. The molecule has 0 saturated carbocycles. The SMILES string of the molecule is NNC(=S)N[C@@H]1O[C@H](COC(=O)c2ccccc2)[C@@H](OC(=O)c2ccccc2)[C@H]1OC(=O)c1ccccc1. The molecule has 3 aromatic rings. The Morgan fingerprint density at radius 3 is 1.66 bits per heavy atom. The summed E-state index contributed by atoms with van der Waals surface area (Å²) in [5.74, 6) is 3.44. The zero-order valence-electron chi connectivity index (χ0n) is 20.0. The normalized spacial score (nSPS) is 20.1. The van der Waals surface area contributed by atoms with Crippen molar-refractivity contribution in [2.75, 3.05) is 6.61 Å². The number of hydrazine groups is 1. The third-order valence-electron chi connectivity index (χ3n) is 5.61. The molecule has 1 saturated heterocycles. The van der Waals surface area contributed by atoms with Gasteiger partial charge in [-0.3, -0.25) is 0 Å². The van der Waals surface area contributed by atoms with Gasteiger partial charge in [-0.15, -0.1) is 0 Å². The summed E-state index contributed by atoms with van der Waals surface area (Å²) in [4.78, 5) is 38.5. The summed E-state index contributed by atoms with van der Waals surface area (Å²) < 4.78 is 23.0. The maximum absolute atomic E-state index is 13.0. The highest BCUT2D eigenvalue weighted by atomic mass is 32.1. The first-order valence-electron chi connectivity index (χ1n) is 11.6. The van der Waals surface area contributed by atoms with Crippen LogP contribution in [0, 0.1) is 0 Å². The van der Waals surface area contributed by atoms with Crippen molar-refractivity contribution in [2.45, 2.75) is 24.5 Å². The zero-order valence-corrected chi connectivity index (χ0v) is 20.8. The minimum Gasteiger partial charge on any atom is -0.459 e. The van der Waals surface area contributed by atoms with Crippen molar-refractivity contribution in [1.29, 1.82) is 0 Å². The lowest BCUT2D eigenvalue weighted by molar-refractivity contribution is -0.0456. The molecule has 4 rings (SSSR count). The van der Waals surface area contributed by atoms with Crippen LogP contribution in [0.15, 0.2) is 91.0 Å². The van der Waals surface area contributed by atoms with Crippen molar-refractivity contribution in [3.8, 4) is 0 Å². The van der Waals surface area contributed by atoms with E-state index in [9.17, 15) is 14.4 Å². The summed E-state index contributed by atoms with van der Waals surface area (Å²) in [6.45, 7) is -0.305. The molecule has 11 heteroatoms. The van der Waals surface area contributed by atoms with Gasteiger partial charge in [0.2, 0.25) is 0 Å². The average Bonchev–Trinajstić information content (AvgIpc) is 3.27. The predicted octanol–water partition coefficient (Wildman–Crippen LogP) is 2.36. The first-order valence-corrected chi connectivity index (χ1v) is 12.0. The van der Waals surface area contributed by atoms with E-state index in [1.165, 1.54) is 0 Å². The smallest absolute Gasteiger partial charge is 0.338 e. The number of benzene rings is 3. The van der Waals surface area contributed by atoms with Crippen LogP contribution in [0.2, 0.25) is 0 Å². The van der Waals surface area contributed by atoms with Crippen LogP contribution >= 0.6 is 12.2 Å². The fourth-order valence-electron chi connectivity index (χ4n) is 3.77. The lowest BCUT2D eigenvalue weighted by Crippen LogP contribution is -2.51. The van der Waals surface area contributed by atoms with Gasteiger partial charge in [0.1, 0.15) is 12.7 Å². The molecule has 0 aromatic heterocycles. The Labute approximate surface area is 224 Å². The van der Waals surface area contributed by atoms with Crippen molar-refractivity contribution >= 4 is 35.2 Å². The molecule has 0 amide bonds. The third kappa shape index (κ3) is 6.71. The van der Waals surface area contributed by atoms with Gasteiger partial charge in [-0.25, -0.2) is 20.2 Å². The number of nitrogens with one attached hydrogen (secondary N) is 2. The van der Waals surface area contributed by atoms with Crippen molar-refractivity contribution < 1.29 is 33.3 Å². The lowest BCUT2D eigenvalue weighted by atomic mass is 10.1. The fraction of sp³-hybridized carbons (Fsp3) is 0.185. The number of thiocarbonyl (C=S) groups is 1. The van der Waals surface area contributed by atoms with Gasteiger partial charge in [-0.2, -0.15) is 0 Å². The van der Waals surface area contributed by atoms with E-state index >= 15 is 0 Å². The summed E-state index contributed by atoms with van der Waals surface area (Å²) >= 11 is 5.10. The van der Waals surface area contributed by atoms with Gasteiger partial charge >= 0.3 is 17.9 Å². The van der Waals surface area contributed by atoms with Crippen LogP contribution in [0.5, 0.6) is 0 Å². The Hall–Kier alpha value is -4.32.